The van der Waals surface area contributed by atoms with Crippen molar-refractivity contribution in [2.75, 3.05) is 13.2 Å². The molecule has 0 saturated carbocycles. The molecule has 2 rings (SSSR count). The second-order valence-electron chi connectivity index (χ2n) is 6.96. The van der Waals surface area contributed by atoms with Crippen molar-refractivity contribution in [2.45, 2.75) is 41.2 Å². The molecule has 0 spiro atoms. The van der Waals surface area contributed by atoms with Crippen molar-refractivity contribution in [3.8, 4) is 0 Å². The van der Waals surface area contributed by atoms with E-state index in [-0.39, 0.29) is 12.5 Å². The molecule has 0 aliphatic carbocycles. The highest BCUT2D eigenvalue weighted by Crippen LogP contribution is 2.16. The fraction of sp³-hybridized carbons (Fsp3) is 0.450. The van der Waals surface area contributed by atoms with Crippen LogP contribution in [-0.4, -0.2) is 34.8 Å². The summed E-state index contributed by atoms with van der Waals surface area (Å²) in [7, 11) is 0. The number of amides is 1. The van der Waals surface area contributed by atoms with Gasteiger partial charge in [-0.25, -0.2) is 4.79 Å². The number of carbonyl (C=O) groups excluding carboxylic acids is 2. The summed E-state index contributed by atoms with van der Waals surface area (Å²) < 4.78 is 6.95. The summed E-state index contributed by atoms with van der Waals surface area (Å²) in [6, 6.07) is 8.18. The SMILES string of the molecule is Cc1ccc(Cn2nc(C)c(C(=O)OCC(=O)NCC(C)C)c2C)cc1. The molecular weight excluding hydrogens is 330 g/mol. The number of hydrogen-bond acceptors (Lipinski definition) is 4. The van der Waals surface area contributed by atoms with Gasteiger partial charge in [0.05, 0.1) is 17.9 Å². The lowest BCUT2D eigenvalue weighted by Gasteiger charge is -2.09. The maximum atomic E-state index is 12.4. The first kappa shape index (κ1) is 19.7. The van der Waals surface area contributed by atoms with Crippen molar-refractivity contribution in [3.63, 3.8) is 0 Å². The molecule has 0 radical (unpaired) electrons. The van der Waals surface area contributed by atoms with Crippen LogP contribution in [0, 0.1) is 26.7 Å². The Hall–Kier alpha value is -2.63. The Kier molecular flexibility index (Phi) is 6.55. The Balaban J connectivity index is 2.03. The summed E-state index contributed by atoms with van der Waals surface area (Å²) in [5.41, 5.74) is 4.06. The van der Waals surface area contributed by atoms with Gasteiger partial charge in [0.15, 0.2) is 6.61 Å². The third-order valence-corrected chi connectivity index (χ3v) is 4.08. The molecule has 0 aliphatic heterocycles. The highest BCUT2D eigenvalue weighted by atomic mass is 16.5. The van der Waals surface area contributed by atoms with Gasteiger partial charge in [-0.2, -0.15) is 5.10 Å². The first-order valence-corrected chi connectivity index (χ1v) is 8.81. The van der Waals surface area contributed by atoms with Gasteiger partial charge < -0.3 is 10.1 Å². The van der Waals surface area contributed by atoms with Gasteiger partial charge in [-0.05, 0) is 32.3 Å². The minimum atomic E-state index is -0.519. The molecule has 0 saturated heterocycles. The molecule has 0 aliphatic rings. The number of benzene rings is 1. The van der Waals surface area contributed by atoms with E-state index in [2.05, 4.69) is 10.4 Å². The molecule has 140 valence electrons. The number of nitrogens with one attached hydrogen (secondary N) is 1. The Morgan fingerprint density at radius 2 is 1.81 bits per heavy atom. The van der Waals surface area contributed by atoms with Crippen molar-refractivity contribution in [2.24, 2.45) is 5.92 Å². The summed E-state index contributed by atoms with van der Waals surface area (Å²) in [6.07, 6.45) is 0. The van der Waals surface area contributed by atoms with E-state index < -0.39 is 5.97 Å². The number of rotatable bonds is 7. The number of carbonyl (C=O) groups is 2. The Bertz CT molecular complexity index is 776. The second kappa shape index (κ2) is 8.65. The number of nitrogens with zero attached hydrogens (tertiary/aromatic N) is 2. The minimum Gasteiger partial charge on any atom is -0.452 e. The summed E-state index contributed by atoms with van der Waals surface area (Å²) in [6.45, 7) is 10.5. The Morgan fingerprint density at radius 1 is 1.15 bits per heavy atom. The highest BCUT2D eigenvalue weighted by molar-refractivity contribution is 5.93. The highest BCUT2D eigenvalue weighted by Gasteiger charge is 2.21. The van der Waals surface area contributed by atoms with Crippen LogP contribution >= 0.6 is 0 Å². The van der Waals surface area contributed by atoms with E-state index in [1.54, 1.807) is 11.6 Å². The first-order valence-electron chi connectivity index (χ1n) is 8.81. The van der Waals surface area contributed by atoms with Gasteiger partial charge in [-0.1, -0.05) is 43.7 Å². The number of aryl methyl sites for hydroxylation is 2. The van der Waals surface area contributed by atoms with Crippen LogP contribution in [0.15, 0.2) is 24.3 Å². The third kappa shape index (κ3) is 5.18. The Labute approximate surface area is 154 Å². The van der Waals surface area contributed by atoms with Crippen molar-refractivity contribution in [1.82, 2.24) is 15.1 Å². The van der Waals surface area contributed by atoms with E-state index in [0.717, 1.165) is 11.3 Å². The van der Waals surface area contributed by atoms with E-state index in [1.165, 1.54) is 5.56 Å². The Morgan fingerprint density at radius 3 is 2.42 bits per heavy atom. The molecule has 1 N–H and O–H groups in total. The topological polar surface area (TPSA) is 73.2 Å². The van der Waals surface area contributed by atoms with Crippen LogP contribution < -0.4 is 5.32 Å². The number of ether oxygens (including phenoxy) is 1. The van der Waals surface area contributed by atoms with Gasteiger partial charge >= 0.3 is 5.97 Å². The van der Waals surface area contributed by atoms with Crippen LogP contribution in [0.4, 0.5) is 0 Å². The molecule has 0 atom stereocenters. The minimum absolute atomic E-state index is 0.284. The van der Waals surface area contributed by atoms with Crippen molar-refractivity contribution in [1.29, 1.82) is 0 Å². The molecule has 0 fully saturated rings. The lowest BCUT2D eigenvalue weighted by molar-refractivity contribution is -0.124. The molecule has 1 aromatic heterocycles. The zero-order valence-corrected chi connectivity index (χ0v) is 16.1. The lowest BCUT2D eigenvalue weighted by atomic mass is 10.1. The average Bonchev–Trinajstić information content (AvgIpc) is 2.86. The van der Waals surface area contributed by atoms with Gasteiger partial charge in [0, 0.05) is 6.54 Å². The van der Waals surface area contributed by atoms with E-state index in [0.29, 0.717) is 30.3 Å². The van der Waals surface area contributed by atoms with Crippen LogP contribution in [0.3, 0.4) is 0 Å². The van der Waals surface area contributed by atoms with E-state index in [9.17, 15) is 9.59 Å². The molecular formula is C20H27N3O3. The van der Waals surface area contributed by atoms with Gasteiger partial charge in [0.25, 0.3) is 5.91 Å². The predicted molar refractivity (Wildman–Crippen MR) is 100 cm³/mol. The third-order valence-electron chi connectivity index (χ3n) is 4.08. The summed E-state index contributed by atoms with van der Waals surface area (Å²) >= 11 is 0. The van der Waals surface area contributed by atoms with Crippen LogP contribution in [0.2, 0.25) is 0 Å². The van der Waals surface area contributed by atoms with Crippen molar-refractivity contribution in [3.05, 3.63) is 52.3 Å². The quantitative estimate of drug-likeness (QED) is 0.774. The zero-order chi connectivity index (χ0) is 19.3. The summed E-state index contributed by atoms with van der Waals surface area (Å²) in [4.78, 5) is 24.1. The summed E-state index contributed by atoms with van der Waals surface area (Å²) in [5, 5.41) is 7.17. The van der Waals surface area contributed by atoms with Crippen LogP contribution in [-0.2, 0) is 16.1 Å². The number of hydrogen-bond donors (Lipinski definition) is 1. The van der Waals surface area contributed by atoms with E-state index in [4.69, 9.17) is 4.74 Å². The van der Waals surface area contributed by atoms with Crippen LogP contribution in [0.1, 0.15) is 46.7 Å². The average molecular weight is 357 g/mol. The largest absolute Gasteiger partial charge is 0.452 e. The molecule has 6 nitrogen and oxygen atoms in total. The standard InChI is InChI=1S/C20H27N3O3/c1-13(2)10-21-18(24)12-26-20(25)19-15(4)22-23(16(19)5)11-17-8-6-14(3)7-9-17/h6-9,13H,10-12H2,1-5H3,(H,21,24). The molecule has 1 heterocycles. The fourth-order valence-electron chi connectivity index (χ4n) is 2.58. The molecule has 1 amide bonds. The molecule has 0 unspecified atom stereocenters. The van der Waals surface area contributed by atoms with Crippen molar-refractivity contribution < 1.29 is 14.3 Å². The van der Waals surface area contributed by atoms with Crippen LogP contribution in [0.25, 0.3) is 0 Å². The normalized spacial score (nSPS) is 10.8. The molecule has 0 bridgehead atoms. The van der Waals surface area contributed by atoms with Gasteiger partial charge in [-0.3, -0.25) is 9.48 Å². The van der Waals surface area contributed by atoms with E-state index >= 15 is 0 Å². The smallest absolute Gasteiger partial charge is 0.342 e. The van der Waals surface area contributed by atoms with Gasteiger partial charge in [0.2, 0.25) is 0 Å². The maximum Gasteiger partial charge on any atom is 0.342 e. The van der Waals surface area contributed by atoms with Gasteiger partial charge in [0.1, 0.15) is 5.56 Å². The first-order chi connectivity index (χ1) is 12.3. The van der Waals surface area contributed by atoms with Crippen molar-refractivity contribution >= 4 is 11.9 Å². The van der Waals surface area contributed by atoms with E-state index in [1.807, 2.05) is 52.0 Å². The molecule has 26 heavy (non-hydrogen) atoms. The van der Waals surface area contributed by atoms with Gasteiger partial charge in [-0.15, -0.1) is 0 Å². The molecule has 6 heteroatoms. The zero-order valence-electron chi connectivity index (χ0n) is 16.1. The predicted octanol–water partition coefficient (Wildman–Crippen LogP) is 2.79. The van der Waals surface area contributed by atoms with Crippen LogP contribution in [0.5, 0.6) is 0 Å². The second-order valence-corrected chi connectivity index (χ2v) is 6.96. The summed E-state index contributed by atoms with van der Waals surface area (Å²) in [5.74, 6) is -0.469. The molecule has 1 aromatic carbocycles. The maximum absolute atomic E-state index is 12.4. The number of aromatic nitrogens is 2. The monoisotopic (exact) mass is 357 g/mol. The lowest BCUT2D eigenvalue weighted by Crippen LogP contribution is -2.31. The fourth-order valence-corrected chi connectivity index (χ4v) is 2.58. The number of esters is 1. The molecule has 2 aromatic rings.